The quantitative estimate of drug-likeness (QED) is 0.470. The minimum Gasteiger partial charge on any atom is -0.392 e. The van der Waals surface area contributed by atoms with Gasteiger partial charge in [-0.05, 0) is 0 Å². The van der Waals surface area contributed by atoms with E-state index in [-0.39, 0.29) is 40.0 Å². The molecule has 0 amide bonds. The molecule has 0 spiro atoms. The molecule has 2 saturated heterocycles. The van der Waals surface area contributed by atoms with Crippen LogP contribution in [-0.2, 0) is 33.3 Å². The second-order valence-electron chi connectivity index (χ2n) is 3.85. The van der Waals surface area contributed by atoms with Gasteiger partial charge in [-0.2, -0.15) is 0 Å². The summed E-state index contributed by atoms with van der Waals surface area (Å²) in [6.07, 6.45) is 0. The first-order valence-corrected chi connectivity index (χ1v) is 5.34. The zero-order valence-corrected chi connectivity index (χ0v) is 9.26. The third kappa shape index (κ3) is 3.47. The van der Waals surface area contributed by atoms with Crippen molar-refractivity contribution in [2.45, 2.75) is 0 Å². The number of ether oxygens (including phenoxy) is 5. The molecule has 2 aliphatic heterocycles. The van der Waals surface area contributed by atoms with Crippen LogP contribution < -0.4 is 0 Å². The number of esters is 2. The summed E-state index contributed by atoms with van der Waals surface area (Å²) in [5, 5.41) is 0. The molecule has 2 rings (SSSR count). The van der Waals surface area contributed by atoms with Crippen LogP contribution in [0.25, 0.3) is 0 Å². The van der Waals surface area contributed by atoms with E-state index in [4.69, 9.17) is 23.7 Å². The molecule has 0 radical (unpaired) electrons. The van der Waals surface area contributed by atoms with Gasteiger partial charge in [-0.1, -0.05) is 0 Å². The number of hydrogen-bond acceptors (Lipinski definition) is 7. The van der Waals surface area contributed by atoms with Crippen molar-refractivity contribution in [3.8, 4) is 0 Å². The fourth-order valence-electron chi connectivity index (χ4n) is 1.51. The van der Waals surface area contributed by atoms with Crippen LogP contribution in [0.2, 0.25) is 0 Å². The fraction of sp³-hybridized carbons (Fsp3) is 0.800. The Balaban J connectivity index is 1.78. The zero-order chi connectivity index (χ0) is 12.1. The highest BCUT2D eigenvalue weighted by Crippen LogP contribution is 2.12. The number of carbonyl (C=O) groups is 2. The average molecular weight is 246 g/mol. The molecule has 0 aromatic carbocycles. The molecule has 96 valence electrons. The standard InChI is InChI=1S/C10H14O7/c11-9(7-1-13-5-14-2-7)17-10(12)8-3-15-6-16-4-8/h7-8H,1-6H2. The van der Waals surface area contributed by atoms with Gasteiger partial charge in [-0.3, -0.25) is 9.59 Å². The molecule has 17 heavy (non-hydrogen) atoms. The van der Waals surface area contributed by atoms with Gasteiger partial charge in [-0.15, -0.1) is 0 Å². The second-order valence-corrected chi connectivity index (χ2v) is 3.85. The number of rotatable bonds is 2. The third-order valence-electron chi connectivity index (χ3n) is 2.48. The highest BCUT2D eigenvalue weighted by Gasteiger charge is 2.30. The van der Waals surface area contributed by atoms with E-state index < -0.39 is 23.8 Å². The Morgan fingerprint density at radius 1 is 0.765 bits per heavy atom. The summed E-state index contributed by atoms with van der Waals surface area (Å²) >= 11 is 0. The van der Waals surface area contributed by atoms with E-state index in [1.54, 1.807) is 0 Å². The molecule has 0 atom stereocenters. The Bertz CT molecular complexity index is 250. The Hall–Kier alpha value is -1.02. The van der Waals surface area contributed by atoms with Crippen LogP contribution in [-0.4, -0.2) is 52.0 Å². The topological polar surface area (TPSA) is 80.3 Å². The van der Waals surface area contributed by atoms with Crippen molar-refractivity contribution in [2.24, 2.45) is 11.8 Å². The maximum Gasteiger partial charge on any atom is 0.321 e. The molecule has 0 aromatic heterocycles. The van der Waals surface area contributed by atoms with E-state index in [1.807, 2.05) is 0 Å². The van der Waals surface area contributed by atoms with Crippen LogP contribution >= 0.6 is 0 Å². The SMILES string of the molecule is O=C(OC(=O)C1COCOC1)C1COCOC1. The number of carbonyl (C=O) groups excluding carboxylic acids is 2. The monoisotopic (exact) mass is 246 g/mol. The van der Waals surface area contributed by atoms with Crippen molar-refractivity contribution in [1.29, 1.82) is 0 Å². The average Bonchev–Trinajstić information content (AvgIpc) is 2.40. The third-order valence-corrected chi connectivity index (χ3v) is 2.48. The predicted octanol–water partition coefficient (Wildman–Crippen LogP) is -0.703. The first-order chi connectivity index (χ1) is 8.27. The summed E-state index contributed by atoms with van der Waals surface area (Å²) in [6.45, 7) is 1.19. The van der Waals surface area contributed by atoms with Crippen molar-refractivity contribution < 1.29 is 33.3 Å². The smallest absolute Gasteiger partial charge is 0.321 e. The van der Waals surface area contributed by atoms with E-state index >= 15 is 0 Å². The largest absolute Gasteiger partial charge is 0.392 e. The lowest BCUT2D eigenvalue weighted by molar-refractivity contribution is -0.186. The second kappa shape index (κ2) is 6.06. The summed E-state index contributed by atoms with van der Waals surface area (Å²) < 4.78 is 24.5. The lowest BCUT2D eigenvalue weighted by atomic mass is 10.1. The lowest BCUT2D eigenvalue weighted by Gasteiger charge is -2.23. The Labute approximate surface area is 97.9 Å². The van der Waals surface area contributed by atoms with Gasteiger partial charge >= 0.3 is 11.9 Å². The van der Waals surface area contributed by atoms with Crippen molar-refractivity contribution in [2.75, 3.05) is 40.0 Å². The molecule has 0 aromatic rings. The Kier molecular flexibility index (Phi) is 4.43. The van der Waals surface area contributed by atoms with Crippen molar-refractivity contribution in [3.05, 3.63) is 0 Å². The van der Waals surface area contributed by atoms with Crippen LogP contribution in [0.15, 0.2) is 0 Å². The Morgan fingerprint density at radius 2 is 1.12 bits per heavy atom. The molecule has 2 heterocycles. The lowest BCUT2D eigenvalue weighted by Crippen LogP contribution is -2.37. The van der Waals surface area contributed by atoms with Crippen molar-refractivity contribution in [1.82, 2.24) is 0 Å². The van der Waals surface area contributed by atoms with Gasteiger partial charge < -0.3 is 23.7 Å². The van der Waals surface area contributed by atoms with Crippen LogP contribution in [0.1, 0.15) is 0 Å². The van der Waals surface area contributed by atoms with E-state index in [0.717, 1.165) is 0 Å². The molecule has 2 fully saturated rings. The van der Waals surface area contributed by atoms with Crippen molar-refractivity contribution in [3.63, 3.8) is 0 Å². The summed E-state index contributed by atoms with van der Waals surface area (Å²) in [6, 6.07) is 0. The van der Waals surface area contributed by atoms with Crippen LogP contribution in [0.3, 0.4) is 0 Å². The molecule has 0 bridgehead atoms. The van der Waals surface area contributed by atoms with Crippen LogP contribution in [0.4, 0.5) is 0 Å². The van der Waals surface area contributed by atoms with Gasteiger partial charge in [0.1, 0.15) is 25.4 Å². The molecule has 0 aliphatic carbocycles. The predicted molar refractivity (Wildman–Crippen MR) is 51.6 cm³/mol. The molecule has 7 nitrogen and oxygen atoms in total. The molecule has 2 aliphatic rings. The highest BCUT2D eigenvalue weighted by molar-refractivity contribution is 5.88. The summed E-state index contributed by atoms with van der Waals surface area (Å²) in [5.74, 6) is -2.34. The summed E-state index contributed by atoms with van der Waals surface area (Å²) in [7, 11) is 0. The number of hydrogen-bond donors (Lipinski definition) is 0. The minimum atomic E-state index is -0.625. The van der Waals surface area contributed by atoms with Gasteiger partial charge in [0.25, 0.3) is 0 Å². The first-order valence-electron chi connectivity index (χ1n) is 5.34. The first kappa shape index (κ1) is 12.4. The molecule has 0 N–H and O–H groups in total. The highest BCUT2D eigenvalue weighted by atomic mass is 16.7. The van der Waals surface area contributed by atoms with E-state index in [9.17, 15) is 9.59 Å². The van der Waals surface area contributed by atoms with Crippen LogP contribution in [0, 0.1) is 11.8 Å². The fourth-order valence-corrected chi connectivity index (χ4v) is 1.51. The van der Waals surface area contributed by atoms with Gasteiger partial charge in [0, 0.05) is 0 Å². The van der Waals surface area contributed by atoms with Gasteiger partial charge in [0.05, 0.1) is 26.4 Å². The van der Waals surface area contributed by atoms with Crippen LogP contribution in [0.5, 0.6) is 0 Å². The Morgan fingerprint density at radius 3 is 1.47 bits per heavy atom. The van der Waals surface area contributed by atoms with E-state index in [0.29, 0.717) is 0 Å². The maximum atomic E-state index is 11.6. The van der Waals surface area contributed by atoms with E-state index in [1.165, 1.54) is 0 Å². The van der Waals surface area contributed by atoms with E-state index in [2.05, 4.69) is 0 Å². The molecular formula is C10H14O7. The van der Waals surface area contributed by atoms with Gasteiger partial charge in [0.15, 0.2) is 0 Å². The minimum absolute atomic E-state index is 0.169. The van der Waals surface area contributed by atoms with Gasteiger partial charge in [-0.25, -0.2) is 0 Å². The molecule has 0 saturated carbocycles. The summed E-state index contributed by atoms with van der Waals surface area (Å²) in [4.78, 5) is 23.1. The van der Waals surface area contributed by atoms with Crippen molar-refractivity contribution >= 4 is 11.9 Å². The normalized spacial score (nSPS) is 23.3. The molecule has 0 unspecified atom stereocenters. The zero-order valence-electron chi connectivity index (χ0n) is 9.26. The molecular weight excluding hydrogens is 232 g/mol. The molecule has 7 heteroatoms. The van der Waals surface area contributed by atoms with Gasteiger partial charge in [0.2, 0.25) is 0 Å². The summed E-state index contributed by atoms with van der Waals surface area (Å²) in [5.41, 5.74) is 0. The maximum absolute atomic E-state index is 11.6.